The molecule has 0 unspecified atom stereocenters. The molecule has 100 valence electrons. The Balaban J connectivity index is 2.81. The summed E-state index contributed by atoms with van der Waals surface area (Å²) in [5, 5.41) is 13.5. The lowest BCUT2D eigenvalue weighted by molar-refractivity contribution is -0.385. The van der Waals surface area contributed by atoms with Gasteiger partial charge in [0.05, 0.1) is 10.7 Å². The number of likely N-dealkylation sites (N-methyl/N-ethyl adjacent to an activating group) is 1. The van der Waals surface area contributed by atoms with Crippen LogP contribution in [-0.4, -0.2) is 33.5 Å². The maximum atomic E-state index is 11.7. The number of nitro benzene ring substituents is 1. The van der Waals surface area contributed by atoms with E-state index in [1.165, 1.54) is 18.2 Å². The van der Waals surface area contributed by atoms with Crippen LogP contribution in [0.4, 0.5) is 5.69 Å². The first-order chi connectivity index (χ1) is 8.46. The van der Waals surface area contributed by atoms with Crippen molar-refractivity contribution in [2.24, 2.45) is 0 Å². The number of rotatable bonds is 7. The minimum atomic E-state index is -3.56. The summed E-state index contributed by atoms with van der Waals surface area (Å²) < 4.78 is 25.7. The topological polar surface area (TPSA) is 101 Å². The van der Waals surface area contributed by atoms with Gasteiger partial charge in [0.2, 0.25) is 10.0 Å². The lowest BCUT2D eigenvalue weighted by Crippen LogP contribution is -2.31. The van der Waals surface area contributed by atoms with Gasteiger partial charge in [0.1, 0.15) is 0 Å². The minimum absolute atomic E-state index is 0.180. The van der Waals surface area contributed by atoms with Crippen molar-refractivity contribution in [3.05, 3.63) is 39.9 Å². The number of nitrogens with zero attached hydrogens (tertiary/aromatic N) is 1. The maximum absolute atomic E-state index is 11.7. The number of nitro groups is 1. The Hall–Kier alpha value is -1.51. The molecule has 0 saturated carbocycles. The summed E-state index contributed by atoms with van der Waals surface area (Å²) in [7, 11) is -1.85. The van der Waals surface area contributed by atoms with Crippen LogP contribution in [0, 0.1) is 10.1 Å². The fourth-order valence-electron chi connectivity index (χ4n) is 1.40. The van der Waals surface area contributed by atoms with Gasteiger partial charge in [0.15, 0.2) is 0 Å². The molecule has 0 radical (unpaired) electrons. The molecule has 0 aliphatic heterocycles. The standard InChI is InChI=1S/C10H15N3O4S/c1-11-6-7-12-18(16,17)8-9-4-2-3-5-10(9)13(14)15/h2-5,11-12H,6-8H2,1H3. The molecular weight excluding hydrogens is 258 g/mol. The van der Waals surface area contributed by atoms with Gasteiger partial charge in [-0.05, 0) is 7.05 Å². The van der Waals surface area contributed by atoms with Gasteiger partial charge < -0.3 is 5.32 Å². The molecular formula is C10H15N3O4S. The van der Waals surface area contributed by atoms with Crippen molar-refractivity contribution in [3.8, 4) is 0 Å². The molecule has 0 heterocycles. The van der Waals surface area contributed by atoms with Crippen LogP contribution in [0.1, 0.15) is 5.56 Å². The lowest BCUT2D eigenvalue weighted by atomic mass is 10.2. The Labute approximate surface area is 105 Å². The van der Waals surface area contributed by atoms with Crippen LogP contribution in [0.3, 0.4) is 0 Å². The Kier molecular flexibility index (Phi) is 5.20. The quantitative estimate of drug-likeness (QED) is 0.421. The van der Waals surface area contributed by atoms with E-state index in [-0.39, 0.29) is 17.8 Å². The summed E-state index contributed by atoms with van der Waals surface area (Å²) in [6, 6.07) is 5.81. The zero-order valence-corrected chi connectivity index (χ0v) is 10.7. The smallest absolute Gasteiger partial charge is 0.273 e. The molecule has 0 spiro atoms. The monoisotopic (exact) mass is 273 g/mol. The van der Waals surface area contributed by atoms with Gasteiger partial charge >= 0.3 is 0 Å². The number of nitrogens with one attached hydrogen (secondary N) is 2. The Morgan fingerprint density at radius 3 is 2.56 bits per heavy atom. The van der Waals surface area contributed by atoms with Crippen LogP contribution in [0.25, 0.3) is 0 Å². The lowest BCUT2D eigenvalue weighted by Gasteiger charge is -2.06. The minimum Gasteiger partial charge on any atom is -0.318 e. The molecule has 0 aliphatic rings. The van der Waals surface area contributed by atoms with Crippen LogP contribution >= 0.6 is 0 Å². The molecule has 0 aromatic heterocycles. The second-order valence-electron chi connectivity index (χ2n) is 3.64. The van der Waals surface area contributed by atoms with E-state index < -0.39 is 20.7 Å². The van der Waals surface area contributed by atoms with Crippen molar-refractivity contribution >= 4 is 15.7 Å². The number of hydrogen-bond acceptors (Lipinski definition) is 5. The number of sulfonamides is 1. The fraction of sp³-hybridized carbons (Fsp3) is 0.400. The average molecular weight is 273 g/mol. The molecule has 2 N–H and O–H groups in total. The van der Waals surface area contributed by atoms with Crippen molar-refractivity contribution in [1.82, 2.24) is 10.0 Å². The number of benzene rings is 1. The predicted molar refractivity (Wildman–Crippen MR) is 67.6 cm³/mol. The van der Waals surface area contributed by atoms with Gasteiger partial charge in [-0.3, -0.25) is 10.1 Å². The van der Waals surface area contributed by atoms with Crippen LogP contribution in [0.15, 0.2) is 24.3 Å². The number of hydrogen-bond donors (Lipinski definition) is 2. The first kappa shape index (κ1) is 14.6. The average Bonchev–Trinajstić information content (AvgIpc) is 2.29. The van der Waals surface area contributed by atoms with E-state index in [1.807, 2.05) is 0 Å². The van der Waals surface area contributed by atoms with Gasteiger partial charge in [0.25, 0.3) is 5.69 Å². The molecule has 0 saturated heterocycles. The van der Waals surface area contributed by atoms with E-state index in [1.54, 1.807) is 13.1 Å². The third-order valence-electron chi connectivity index (χ3n) is 2.23. The molecule has 0 aliphatic carbocycles. The highest BCUT2D eigenvalue weighted by atomic mass is 32.2. The zero-order chi connectivity index (χ0) is 13.6. The van der Waals surface area contributed by atoms with Crippen LogP contribution < -0.4 is 10.0 Å². The third kappa shape index (κ3) is 4.40. The summed E-state index contributed by atoms with van der Waals surface area (Å²) in [4.78, 5) is 10.2. The Bertz CT molecular complexity index is 516. The van der Waals surface area contributed by atoms with Gasteiger partial charge in [-0.25, -0.2) is 13.1 Å². The summed E-state index contributed by atoms with van der Waals surface area (Å²) in [6.45, 7) is 0.746. The first-order valence-corrected chi connectivity index (χ1v) is 6.96. The second-order valence-corrected chi connectivity index (χ2v) is 5.45. The second kappa shape index (κ2) is 6.43. The first-order valence-electron chi connectivity index (χ1n) is 5.30. The SMILES string of the molecule is CNCCNS(=O)(=O)Cc1ccccc1[N+](=O)[O-]. The Morgan fingerprint density at radius 2 is 1.94 bits per heavy atom. The summed E-state index contributed by atoms with van der Waals surface area (Å²) in [5.41, 5.74) is -0.00375. The van der Waals surface area contributed by atoms with Crippen molar-refractivity contribution in [1.29, 1.82) is 0 Å². The van der Waals surface area contributed by atoms with Crippen molar-refractivity contribution in [3.63, 3.8) is 0 Å². The van der Waals surface area contributed by atoms with Crippen molar-refractivity contribution < 1.29 is 13.3 Å². The molecule has 18 heavy (non-hydrogen) atoms. The Morgan fingerprint density at radius 1 is 1.28 bits per heavy atom. The molecule has 0 fully saturated rings. The van der Waals surface area contributed by atoms with Crippen molar-refractivity contribution in [2.75, 3.05) is 20.1 Å². The van der Waals surface area contributed by atoms with E-state index in [0.29, 0.717) is 6.54 Å². The van der Waals surface area contributed by atoms with Gasteiger partial charge in [-0.2, -0.15) is 0 Å². The van der Waals surface area contributed by atoms with E-state index in [4.69, 9.17) is 0 Å². The van der Waals surface area contributed by atoms with Crippen LogP contribution in [0.5, 0.6) is 0 Å². The van der Waals surface area contributed by atoms with Gasteiger partial charge in [0, 0.05) is 24.7 Å². The fourth-order valence-corrected chi connectivity index (χ4v) is 2.57. The molecule has 1 aromatic carbocycles. The van der Waals surface area contributed by atoms with E-state index >= 15 is 0 Å². The zero-order valence-electron chi connectivity index (χ0n) is 9.92. The third-order valence-corrected chi connectivity index (χ3v) is 3.57. The number of para-hydroxylation sites is 1. The maximum Gasteiger partial charge on any atom is 0.273 e. The summed E-state index contributed by atoms with van der Waals surface area (Å²) in [5.74, 6) is -0.395. The van der Waals surface area contributed by atoms with Crippen LogP contribution in [0.2, 0.25) is 0 Å². The van der Waals surface area contributed by atoms with Gasteiger partial charge in [-0.15, -0.1) is 0 Å². The largest absolute Gasteiger partial charge is 0.318 e. The summed E-state index contributed by atoms with van der Waals surface area (Å²) >= 11 is 0. The highest BCUT2D eigenvalue weighted by molar-refractivity contribution is 7.88. The highest BCUT2D eigenvalue weighted by Crippen LogP contribution is 2.19. The van der Waals surface area contributed by atoms with Gasteiger partial charge in [-0.1, -0.05) is 18.2 Å². The molecule has 0 atom stereocenters. The van der Waals surface area contributed by atoms with E-state index in [9.17, 15) is 18.5 Å². The molecule has 1 aromatic rings. The molecule has 0 amide bonds. The predicted octanol–water partition coefficient (Wildman–Crippen LogP) is 0.234. The molecule has 7 nitrogen and oxygen atoms in total. The molecule has 1 rings (SSSR count). The normalized spacial score (nSPS) is 11.4. The van der Waals surface area contributed by atoms with Crippen molar-refractivity contribution in [2.45, 2.75) is 5.75 Å². The summed E-state index contributed by atoms with van der Waals surface area (Å²) in [6.07, 6.45) is 0. The van der Waals surface area contributed by atoms with E-state index in [0.717, 1.165) is 0 Å². The van der Waals surface area contributed by atoms with E-state index in [2.05, 4.69) is 10.0 Å². The molecule has 8 heteroatoms. The molecule has 0 bridgehead atoms. The van der Waals surface area contributed by atoms with Crippen LogP contribution in [-0.2, 0) is 15.8 Å². The highest BCUT2D eigenvalue weighted by Gasteiger charge is 2.18.